The van der Waals surface area contributed by atoms with Gasteiger partial charge in [0.05, 0.1) is 4.90 Å². The fraction of sp³-hybridized carbons (Fsp3) is 0.133. The molecule has 2 aromatic carbocycles. The number of nitrogens with zero attached hydrogens (tertiary/aromatic N) is 4. The largest absolute Gasteiger partial charge is 0.280 e. The van der Waals surface area contributed by atoms with Gasteiger partial charge in [-0.3, -0.25) is 4.72 Å². The second kappa shape index (κ2) is 6.33. The Bertz CT molecular complexity index is 1000. The molecule has 0 aliphatic carbocycles. The van der Waals surface area contributed by atoms with Crippen LogP contribution in [0, 0.1) is 6.92 Å². The SMILES string of the molecule is Cc1cc(S(=O)(=O)Nc2cccc(-c3nnnn3C)c2)ccc1Br. The number of hydrogen-bond acceptors (Lipinski definition) is 5. The van der Waals surface area contributed by atoms with E-state index in [2.05, 4.69) is 36.2 Å². The Hall–Kier alpha value is -2.26. The lowest BCUT2D eigenvalue weighted by molar-refractivity contribution is 0.601. The molecule has 124 valence electrons. The number of hydrogen-bond donors (Lipinski definition) is 1. The van der Waals surface area contributed by atoms with E-state index in [1.165, 1.54) is 4.68 Å². The molecule has 3 rings (SSSR count). The molecule has 0 saturated heterocycles. The van der Waals surface area contributed by atoms with Gasteiger partial charge in [0.15, 0.2) is 5.82 Å². The Morgan fingerprint density at radius 2 is 1.96 bits per heavy atom. The van der Waals surface area contributed by atoms with Crippen LogP contribution in [0.1, 0.15) is 5.56 Å². The summed E-state index contributed by atoms with van der Waals surface area (Å²) in [6.45, 7) is 1.84. The third-order valence-electron chi connectivity index (χ3n) is 3.43. The molecule has 7 nitrogen and oxygen atoms in total. The summed E-state index contributed by atoms with van der Waals surface area (Å²) in [4.78, 5) is 0.203. The van der Waals surface area contributed by atoms with Gasteiger partial charge in [-0.1, -0.05) is 28.1 Å². The van der Waals surface area contributed by atoms with E-state index in [9.17, 15) is 8.42 Å². The van der Waals surface area contributed by atoms with Crippen LogP contribution in [0.3, 0.4) is 0 Å². The zero-order valence-corrected chi connectivity index (χ0v) is 15.3. The highest BCUT2D eigenvalue weighted by Gasteiger charge is 2.16. The van der Waals surface area contributed by atoms with Crippen molar-refractivity contribution in [2.24, 2.45) is 7.05 Å². The smallest absolute Gasteiger partial charge is 0.261 e. The van der Waals surface area contributed by atoms with E-state index in [0.29, 0.717) is 11.5 Å². The van der Waals surface area contributed by atoms with E-state index in [4.69, 9.17) is 0 Å². The molecule has 3 aromatic rings. The third kappa shape index (κ3) is 3.31. The normalized spacial score (nSPS) is 11.5. The molecule has 0 atom stereocenters. The number of sulfonamides is 1. The number of aryl methyl sites for hydroxylation is 2. The molecule has 1 heterocycles. The van der Waals surface area contributed by atoms with Gasteiger partial charge in [-0.25, -0.2) is 13.1 Å². The van der Waals surface area contributed by atoms with Crippen molar-refractivity contribution in [1.82, 2.24) is 20.2 Å². The summed E-state index contributed by atoms with van der Waals surface area (Å²) in [6.07, 6.45) is 0. The van der Waals surface area contributed by atoms with E-state index in [1.54, 1.807) is 43.4 Å². The molecule has 0 unspecified atom stereocenters. The van der Waals surface area contributed by atoms with Crippen LogP contribution in [0.25, 0.3) is 11.4 Å². The summed E-state index contributed by atoms with van der Waals surface area (Å²) < 4.78 is 30.1. The van der Waals surface area contributed by atoms with Crippen LogP contribution in [0.15, 0.2) is 51.8 Å². The van der Waals surface area contributed by atoms with Crippen molar-refractivity contribution in [3.8, 4) is 11.4 Å². The van der Waals surface area contributed by atoms with Crippen molar-refractivity contribution in [3.05, 3.63) is 52.5 Å². The predicted molar refractivity (Wildman–Crippen MR) is 93.9 cm³/mol. The summed E-state index contributed by atoms with van der Waals surface area (Å²) >= 11 is 3.36. The maximum atomic E-state index is 12.6. The molecular weight excluding hydrogens is 394 g/mol. The Balaban J connectivity index is 1.93. The van der Waals surface area contributed by atoms with Crippen molar-refractivity contribution in [2.75, 3.05) is 4.72 Å². The number of halogens is 1. The Labute approximate surface area is 147 Å². The van der Waals surface area contributed by atoms with E-state index in [1.807, 2.05) is 13.0 Å². The van der Waals surface area contributed by atoms with Crippen LogP contribution >= 0.6 is 15.9 Å². The highest BCUT2D eigenvalue weighted by atomic mass is 79.9. The van der Waals surface area contributed by atoms with Crippen LogP contribution in [-0.2, 0) is 17.1 Å². The number of aromatic nitrogens is 4. The van der Waals surface area contributed by atoms with Crippen molar-refractivity contribution in [3.63, 3.8) is 0 Å². The first-order valence-corrected chi connectivity index (χ1v) is 9.26. The number of anilines is 1. The Morgan fingerprint density at radius 1 is 1.17 bits per heavy atom. The van der Waals surface area contributed by atoms with Gasteiger partial charge in [0.2, 0.25) is 0 Å². The Kier molecular flexibility index (Phi) is 4.37. The highest BCUT2D eigenvalue weighted by Crippen LogP contribution is 2.24. The second-order valence-electron chi connectivity index (χ2n) is 5.22. The summed E-state index contributed by atoms with van der Waals surface area (Å²) in [5.74, 6) is 0.551. The Morgan fingerprint density at radius 3 is 2.62 bits per heavy atom. The number of rotatable bonds is 4. The first-order valence-electron chi connectivity index (χ1n) is 6.98. The minimum Gasteiger partial charge on any atom is -0.280 e. The van der Waals surface area contributed by atoms with Gasteiger partial charge in [-0.15, -0.1) is 5.10 Å². The molecule has 0 amide bonds. The van der Waals surface area contributed by atoms with Gasteiger partial charge in [0.1, 0.15) is 0 Å². The van der Waals surface area contributed by atoms with E-state index in [0.717, 1.165) is 15.6 Å². The quantitative estimate of drug-likeness (QED) is 0.717. The minimum absolute atomic E-state index is 0.203. The van der Waals surface area contributed by atoms with Crippen molar-refractivity contribution < 1.29 is 8.42 Å². The summed E-state index contributed by atoms with van der Waals surface area (Å²) in [5, 5.41) is 11.3. The van der Waals surface area contributed by atoms with Gasteiger partial charge in [-0.2, -0.15) is 0 Å². The molecule has 0 fully saturated rings. The molecule has 0 saturated carbocycles. The lowest BCUT2D eigenvalue weighted by Crippen LogP contribution is -2.13. The van der Waals surface area contributed by atoms with E-state index >= 15 is 0 Å². The lowest BCUT2D eigenvalue weighted by Gasteiger charge is -2.10. The van der Waals surface area contributed by atoms with Crippen molar-refractivity contribution in [2.45, 2.75) is 11.8 Å². The molecule has 0 aliphatic rings. The molecule has 24 heavy (non-hydrogen) atoms. The molecular formula is C15H14BrN5O2S. The van der Waals surface area contributed by atoms with Gasteiger partial charge >= 0.3 is 0 Å². The number of nitrogens with one attached hydrogen (secondary N) is 1. The second-order valence-corrected chi connectivity index (χ2v) is 7.76. The van der Waals surface area contributed by atoms with Crippen LogP contribution in [-0.4, -0.2) is 28.6 Å². The molecule has 0 aliphatic heterocycles. The fourth-order valence-corrected chi connectivity index (χ4v) is 3.58. The standard InChI is InChI=1S/C15H14BrN5O2S/c1-10-8-13(6-7-14(10)16)24(22,23)18-12-5-3-4-11(9-12)15-17-19-20-21(15)2/h3-9,18H,1-2H3. The first kappa shape index (κ1) is 16.6. The van der Waals surface area contributed by atoms with Crippen molar-refractivity contribution in [1.29, 1.82) is 0 Å². The minimum atomic E-state index is -3.68. The molecule has 9 heteroatoms. The monoisotopic (exact) mass is 407 g/mol. The maximum absolute atomic E-state index is 12.6. The number of tetrazole rings is 1. The highest BCUT2D eigenvalue weighted by molar-refractivity contribution is 9.10. The van der Waals surface area contributed by atoms with Crippen molar-refractivity contribution >= 4 is 31.6 Å². The molecule has 0 spiro atoms. The zero-order chi connectivity index (χ0) is 17.3. The van der Waals surface area contributed by atoms with Crippen LogP contribution in [0.2, 0.25) is 0 Å². The fourth-order valence-electron chi connectivity index (χ4n) is 2.19. The lowest BCUT2D eigenvalue weighted by atomic mass is 10.2. The summed E-state index contributed by atoms with van der Waals surface area (Å²) in [5.41, 5.74) is 2.00. The van der Waals surface area contributed by atoms with Crippen LogP contribution < -0.4 is 4.72 Å². The topological polar surface area (TPSA) is 89.8 Å². The molecule has 0 bridgehead atoms. The van der Waals surface area contributed by atoms with E-state index < -0.39 is 10.0 Å². The molecule has 0 radical (unpaired) electrons. The van der Waals surface area contributed by atoms with Gasteiger partial charge in [0, 0.05) is 22.8 Å². The summed E-state index contributed by atoms with van der Waals surface area (Å²) in [7, 11) is -1.96. The maximum Gasteiger partial charge on any atom is 0.261 e. The summed E-state index contributed by atoms with van der Waals surface area (Å²) in [6, 6.07) is 11.8. The van der Waals surface area contributed by atoms with Gasteiger partial charge in [0.25, 0.3) is 10.0 Å². The first-order chi connectivity index (χ1) is 11.4. The van der Waals surface area contributed by atoms with Gasteiger partial charge < -0.3 is 0 Å². The van der Waals surface area contributed by atoms with E-state index in [-0.39, 0.29) is 4.90 Å². The third-order valence-corrected chi connectivity index (χ3v) is 5.70. The average Bonchev–Trinajstić information content (AvgIpc) is 2.96. The van der Waals surface area contributed by atoms with Crippen LogP contribution in [0.4, 0.5) is 5.69 Å². The average molecular weight is 408 g/mol. The number of benzene rings is 2. The zero-order valence-electron chi connectivity index (χ0n) is 12.9. The van der Waals surface area contributed by atoms with Crippen LogP contribution in [0.5, 0.6) is 0 Å². The molecule has 1 aromatic heterocycles. The van der Waals surface area contributed by atoms with Gasteiger partial charge in [-0.05, 0) is 53.2 Å². The molecule has 1 N–H and O–H groups in total. The predicted octanol–water partition coefficient (Wildman–Crippen LogP) is 2.75.